The van der Waals surface area contributed by atoms with Gasteiger partial charge in [-0.25, -0.2) is 25.4 Å². The van der Waals surface area contributed by atoms with Crippen LogP contribution in [0.25, 0.3) is 0 Å². The number of pyridine rings is 2. The molecule has 19 heteroatoms. The van der Waals surface area contributed by atoms with Gasteiger partial charge in [-0.05, 0) is 24.3 Å². The van der Waals surface area contributed by atoms with Crippen molar-refractivity contribution in [3.8, 4) is 0 Å². The van der Waals surface area contributed by atoms with E-state index in [1.54, 1.807) is 36.4 Å². The van der Waals surface area contributed by atoms with Gasteiger partial charge in [-0.1, -0.05) is 12.1 Å². The van der Waals surface area contributed by atoms with Crippen LogP contribution in [0.3, 0.4) is 0 Å². The van der Waals surface area contributed by atoms with E-state index in [-0.39, 0.29) is 20.9 Å². The lowest BCUT2D eigenvalue weighted by molar-refractivity contribution is -0.170. The van der Waals surface area contributed by atoms with E-state index in [4.69, 9.17) is 5.21 Å². The van der Waals surface area contributed by atoms with Crippen LogP contribution >= 0.6 is 0 Å². The van der Waals surface area contributed by atoms with E-state index in [0.29, 0.717) is 11.4 Å². The molecule has 2 aromatic heterocycles. The fourth-order valence-electron chi connectivity index (χ4n) is 2.74. The number of nitrogens with zero attached hydrogens (tertiary/aromatic N) is 6. The highest BCUT2D eigenvalue weighted by Gasteiger charge is 2.20. The molecule has 0 aliphatic heterocycles. The molecule has 0 bridgehead atoms. The molecule has 0 unspecified atom stereocenters. The van der Waals surface area contributed by atoms with Gasteiger partial charge >= 0.3 is 6.03 Å². The smallest absolute Gasteiger partial charge is 0.336 e. The maximum absolute atomic E-state index is 12.2. The van der Waals surface area contributed by atoms with E-state index in [1.807, 2.05) is 10.6 Å². The van der Waals surface area contributed by atoms with Gasteiger partial charge in [0, 0.05) is 19.3 Å². The number of carbonyl (C=O) groups excluding carboxylic acids is 6. The highest BCUT2D eigenvalue weighted by molar-refractivity contribution is 6.10. The summed E-state index contributed by atoms with van der Waals surface area (Å²) in [5.41, 5.74) is 3.26. The van der Waals surface area contributed by atoms with E-state index < -0.39 is 68.4 Å². The van der Waals surface area contributed by atoms with Crippen molar-refractivity contribution in [2.75, 3.05) is 20.0 Å². The highest BCUT2D eigenvalue weighted by Crippen LogP contribution is 2.05. The second-order valence-corrected chi connectivity index (χ2v) is 8.04. The maximum atomic E-state index is 12.2. The minimum atomic E-state index is -1.15. The molecule has 0 aliphatic rings. The molecule has 0 saturated heterocycles. The monoisotopic (exact) mass is 588 g/mol. The number of hydrogen-bond acceptors (Lipinski definition) is 12. The zero-order valence-electron chi connectivity index (χ0n) is 22.1. The third-order valence-corrected chi connectivity index (χ3v) is 4.89. The van der Waals surface area contributed by atoms with Gasteiger partial charge in [0.05, 0.1) is 11.4 Å². The van der Waals surface area contributed by atoms with Crippen molar-refractivity contribution in [1.82, 2.24) is 46.5 Å². The van der Waals surface area contributed by atoms with Crippen molar-refractivity contribution in [1.29, 1.82) is 0 Å². The molecule has 42 heavy (non-hydrogen) atoms. The number of carbonyl (C=O) groups is 6. The molecular weight excluding hydrogens is 560 g/mol. The summed E-state index contributed by atoms with van der Waals surface area (Å²) in [5, 5.41) is 39.1. The topological polar surface area (TPSA) is 259 Å². The molecule has 19 nitrogen and oxygen atoms in total. The van der Waals surface area contributed by atoms with Crippen LogP contribution in [-0.2, 0) is 24.0 Å². The van der Waals surface area contributed by atoms with Crippen molar-refractivity contribution >= 4 is 41.3 Å². The summed E-state index contributed by atoms with van der Waals surface area (Å²) in [6.07, 6.45) is 1.24. The average Bonchev–Trinajstić information content (AvgIpc) is 2.98. The quantitative estimate of drug-likeness (QED) is 0.0446. The summed E-state index contributed by atoms with van der Waals surface area (Å²) in [7, 11) is 0. The Morgan fingerprint density at radius 2 is 1.17 bits per heavy atom. The van der Waals surface area contributed by atoms with Crippen molar-refractivity contribution in [3.63, 3.8) is 0 Å². The predicted octanol–water partition coefficient (Wildman–Crippen LogP) is -1.91. The molecule has 0 spiro atoms. The van der Waals surface area contributed by atoms with Crippen LogP contribution in [0.15, 0.2) is 53.9 Å². The Kier molecular flexibility index (Phi) is 12.9. The standard InChI is InChI=1S/C23H28N10O9/c1-15(34)31(40)12-26-18(35)10-20(37)32(41)13-27-19(36)11-21(38)33(42)14-28-23(39)30-29-22(16-6-2-4-8-24-16)17-7-3-5-9-25-17/h2-9,40-42H,10-14H2,1H3,(H,26,35)(H,27,36)(H2,28,30,39). The van der Waals surface area contributed by atoms with Gasteiger partial charge in [-0.2, -0.15) is 5.10 Å². The Labute approximate surface area is 237 Å². The van der Waals surface area contributed by atoms with E-state index >= 15 is 0 Å². The number of hydrazone groups is 1. The first-order valence-corrected chi connectivity index (χ1v) is 11.9. The van der Waals surface area contributed by atoms with Gasteiger partial charge in [-0.15, -0.1) is 0 Å². The first kappa shape index (κ1) is 32.7. The van der Waals surface area contributed by atoms with E-state index in [1.165, 1.54) is 12.4 Å². The fraction of sp³-hybridized carbons (Fsp3) is 0.261. The van der Waals surface area contributed by atoms with Crippen LogP contribution in [0, 0.1) is 0 Å². The highest BCUT2D eigenvalue weighted by atomic mass is 16.5. The summed E-state index contributed by atoms with van der Waals surface area (Å²) in [4.78, 5) is 78.8. The third-order valence-electron chi connectivity index (χ3n) is 4.89. The summed E-state index contributed by atoms with van der Waals surface area (Å²) < 4.78 is 0. The molecule has 224 valence electrons. The zero-order chi connectivity index (χ0) is 31.1. The van der Waals surface area contributed by atoms with Gasteiger partial charge in [0.15, 0.2) is 0 Å². The molecule has 2 aromatic rings. The van der Waals surface area contributed by atoms with Crippen molar-refractivity contribution < 1.29 is 44.4 Å². The van der Waals surface area contributed by atoms with E-state index in [9.17, 15) is 39.2 Å². The first-order chi connectivity index (χ1) is 20.0. The number of hydrogen-bond donors (Lipinski definition) is 7. The summed E-state index contributed by atoms with van der Waals surface area (Å²) in [6.45, 7) is -1.10. The molecule has 0 aliphatic carbocycles. The van der Waals surface area contributed by atoms with Crippen molar-refractivity contribution in [2.24, 2.45) is 5.10 Å². The number of nitrogens with one attached hydrogen (secondary N) is 4. The molecule has 2 rings (SSSR count). The van der Waals surface area contributed by atoms with Crippen LogP contribution in [0.5, 0.6) is 0 Å². The van der Waals surface area contributed by atoms with Crippen LogP contribution in [-0.4, -0.2) is 102 Å². The Morgan fingerprint density at radius 3 is 1.60 bits per heavy atom. The normalized spacial score (nSPS) is 10.0. The van der Waals surface area contributed by atoms with Gasteiger partial charge in [0.1, 0.15) is 38.6 Å². The molecule has 7 amide bonds. The summed E-state index contributed by atoms with van der Waals surface area (Å²) in [5.74, 6) is -5.01. The molecule has 2 heterocycles. The predicted molar refractivity (Wildman–Crippen MR) is 137 cm³/mol. The first-order valence-electron chi connectivity index (χ1n) is 11.9. The molecule has 0 aromatic carbocycles. The Hall–Kier alpha value is -5.53. The molecule has 0 saturated carbocycles. The van der Waals surface area contributed by atoms with Crippen LogP contribution < -0.4 is 21.4 Å². The minimum absolute atomic E-state index is 0.0169. The lowest BCUT2D eigenvalue weighted by Gasteiger charge is -2.18. The van der Waals surface area contributed by atoms with E-state index in [2.05, 4.69) is 25.8 Å². The Bertz CT molecular complexity index is 1250. The SMILES string of the molecule is CC(=O)N(O)CNC(=O)CC(=O)N(O)CNC(=O)CC(=O)N(O)CNC(=O)NN=C(c1ccccn1)c1ccccn1. The molecule has 0 radical (unpaired) electrons. The van der Waals surface area contributed by atoms with Crippen LogP contribution in [0.2, 0.25) is 0 Å². The second kappa shape index (κ2) is 16.5. The van der Waals surface area contributed by atoms with E-state index in [0.717, 1.165) is 6.92 Å². The largest absolute Gasteiger partial charge is 0.336 e. The number of amides is 7. The van der Waals surface area contributed by atoms with Gasteiger partial charge in [0.2, 0.25) is 17.7 Å². The van der Waals surface area contributed by atoms with Gasteiger partial charge in [0.25, 0.3) is 11.8 Å². The Morgan fingerprint density at radius 1 is 0.714 bits per heavy atom. The molecule has 7 N–H and O–H groups in total. The van der Waals surface area contributed by atoms with Gasteiger partial charge < -0.3 is 16.0 Å². The van der Waals surface area contributed by atoms with Crippen molar-refractivity contribution in [2.45, 2.75) is 19.8 Å². The third kappa shape index (κ3) is 11.3. The maximum Gasteiger partial charge on any atom is 0.336 e. The lowest BCUT2D eigenvalue weighted by atomic mass is 10.1. The second-order valence-electron chi connectivity index (χ2n) is 8.04. The molecular formula is C23H28N10O9. The number of aromatic nitrogens is 2. The Balaban J connectivity index is 1.76. The number of hydroxylamine groups is 6. The fourth-order valence-corrected chi connectivity index (χ4v) is 2.74. The lowest BCUT2D eigenvalue weighted by Crippen LogP contribution is -2.45. The zero-order valence-corrected chi connectivity index (χ0v) is 22.1. The number of urea groups is 1. The molecule has 0 fully saturated rings. The van der Waals surface area contributed by atoms with Crippen molar-refractivity contribution in [3.05, 3.63) is 60.2 Å². The minimum Gasteiger partial charge on any atom is -0.336 e. The van der Waals surface area contributed by atoms with Crippen LogP contribution in [0.1, 0.15) is 31.2 Å². The average molecular weight is 589 g/mol. The van der Waals surface area contributed by atoms with Gasteiger partial charge in [-0.3, -0.25) is 49.6 Å². The summed E-state index contributed by atoms with van der Waals surface area (Å²) in [6, 6.07) is 9.21. The number of rotatable bonds is 13. The molecule has 0 atom stereocenters. The summed E-state index contributed by atoms with van der Waals surface area (Å²) >= 11 is 0. The van der Waals surface area contributed by atoms with Crippen LogP contribution in [0.4, 0.5) is 4.79 Å².